The average molecular weight is 343 g/mol. The lowest BCUT2D eigenvalue weighted by Crippen LogP contribution is -2.44. The van der Waals surface area contributed by atoms with Gasteiger partial charge in [0, 0.05) is 11.4 Å². The van der Waals surface area contributed by atoms with E-state index in [1.807, 2.05) is 0 Å². The van der Waals surface area contributed by atoms with Crippen LogP contribution < -0.4 is 10.9 Å². The Morgan fingerprint density at radius 1 is 1.24 bits per heavy atom. The summed E-state index contributed by atoms with van der Waals surface area (Å²) in [6, 6.07) is 6.49. The molecule has 7 nitrogen and oxygen atoms in total. The lowest BCUT2D eigenvalue weighted by Gasteiger charge is -2.29. The van der Waals surface area contributed by atoms with Crippen molar-refractivity contribution < 1.29 is 14.7 Å². The number of carboxylic acids is 1. The predicted molar refractivity (Wildman–Crippen MR) is 92.5 cm³/mol. The minimum atomic E-state index is -1.23. The number of aromatic nitrogens is 2. The number of amides is 1. The number of benzene rings is 1. The smallest absolute Gasteiger partial charge is 0.357 e. The monoisotopic (exact) mass is 343 g/mol. The second-order valence-electron chi connectivity index (χ2n) is 6.60. The summed E-state index contributed by atoms with van der Waals surface area (Å²) >= 11 is 0. The van der Waals surface area contributed by atoms with Crippen LogP contribution in [0.3, 0.4) is 0 Å². The van der Waals surface area contributed by atoms with Crippen molar-refractivity contribution in [3.8, 4) is 0 Å². The first kappa shape index (κ1) is 17.1. The van der Waals surface area contributed by atoms with Crippen LogP contribution >= 0.6 is 0 Å². The molecule has 25 heavy (non-hydrogen) atoms. The van der Waals surface area contributed by atoms with Crippen LogP contribution in [0.25, 0.3) is 10.8 Å². The van der Waals surface area contributed by atoms with E-state index in [9.17, 15) is 19.5 Å². The molecule has 0 spiro atoms. The summed E-state index contributed by atoms with van der Waals surface area (Å²) in [6.45, 7) is 1.82. The number of rotatable bonds is 4. The van der Waals surface area contributed by atoms with Gasteiger partial charge in [-0.25, -0.2) is 9.48 Å². The van der Waals surface area contributed by atoms with Crippen molar-refractivity contribution in [2.75, 3.05) is 0 Å². The maximum atomic E-state index is 12.5. The van der Waals surface area contributed by atoms with Gasteiger partial charge in [0.15, 0.2) is 5.69 Å². The van der Waals surface area contributed by atoms with Gasteiger partial charge in [-0.1, -0.05) is 38.0 Å². The second-order valence-corrected chi connectivity index (χ2v) is 6.60. The molecule has 0 unspecified atom stereocenters. The molecule has 0 bridgehead atoms. The molecule has 1 aliphatic carbocycles. The van der Waals surface area contributed by atoms with Crippen molar-refractivity contribution in [3.05, 3.63) is 40.3 Å². The molecule has 1 aromatic carbocycles. The molecule has 0 aliphatic heterocycles. The molecular weight excluding hydrogens is 322 g/mol. The molecule has 132 valence electrons. The molecule has 1 saturated carbocycles. The lowest BCUT2D eigenvalue weighted by atomic mass is 9.86. The Morgan fingerprint density at radius 3 is 2.60 bits per heavy atom. The molecule has 1 heterocycles. The lowest BCUT2D eigenvalue weighted by molar-refractivity contribution is -0.123. The molecule has 7 heteroatoms. The highest BCUT2D eigenvalue weighted by molar-refractivity contribution is 6.01. The van der Waals surface area contributed by atoms with E-state index in [2.05, 4.69) is 17.3 Å². The fraction of sp³-hybridized carbons (Fsp3) is 0.444. The molecule has 2 N–H and O–H groups in total. The standard InChI is InChI=1S/C18H21N3O4/c1-11-6-2-5-9-14(11)19-15(22)10-21-17(23)13-8-4-3-7-12(13)16(20-21)18(24)25/h3-4,7-8,11,14H,2,5-6,9-10H2,1H3,(H,19,22)(H,24,25)/t11-,14-/m0/s1. The predicted octanol–water partition coefficient (Wildman–Crippen LogP) is 1.79. The number of hydrogen-bond acceptors (Lipinski definition) is 4. The maximum absolute atomic E-state index is 12.5. The Hall–Kier alpha value is -2.70. The molecule has 0 saturated heterocycles. The summed E-state index contributed by atoms with van der Waals surface area (Å²) in [5.41, 5.74) is -0.693. The largest absolute Gasteiger partial charge is 0.476 e. The first-order chi connectivity index (χ1) is 12.0. The average Bonchev–Trinajstić information content (AvgIpc) is 2.59. The van der Waals surface area contributed by atoms with E-state index in [0.717, 1.165) is 23.9 Å². The van der Waals surface area contributed by atoms with E-state index in [1.54, 1.807) is 24.3 Å². The first-order valence-corrected chi connectivity index (χ1v) is 8.50. The topological polar surface area (TPSA) is 101 Å². The summed E-state index contributed by atoms with van der Waals surface area (Å²) in [4.78, 5) is 36.3. The summed E-state index contributed by atoms with van der Waals surface area (Å²) < 4.78 is 0.939. The Labute approximate surface area is 144 Å². The Bertz CT molecular complexity index is 874. The highest BCUT2D eigenvalue weighted by Crippen LogP contribution is 2.23. The summed E-state index contributed by atoms with van der Waals surface area (Å²) in [5, 5.41) is 16.7. The zero-order valence-corrected chi connectivity index (χ0v) is 14.1. The van der Waals surface area contributed by atoms with Crippen LogP contribution in [0.5, 0.6) is 0 Å². The minimum Gasteiger partial charge on any atom is -0.476 e. The number of carboxylic acid groups (broad SMARTS) is 1. The first-order valence-electron chi connectivity index (χ1n) is 8.50. The van der Waals surface area contributed by atoms with Crippen LogP contribution in [0.1, 0.15) is 43.1 Å². The molecular formula is C18H21N3O4. The molecule has 1 aromatic heterocycles. The van der Waals surface area contributed by atoms with Crippen molar-refractivity contribution in [1.82, 2.24) is 15.1 Å². The van der Waals surface area contributed by atoms with Gasteiger partial charge in [-0.15, -0.1) is 0 Å². The molecule has 1 aliphatic rings. The summed E-state index contributed by atoms with van der Waals surface area (Å²) in [6.07, 6.45) is 4.24. The van der Waals surface area contributed by atoms with Gasteiger partial charge in [-0.3, -0.25) is 9.59 Å². The van der Waals surface area contributed by atoms with Crippen molar-refractivity contribution in [3.63, 3.8) is 0 Å². The highest BCUT2D eigenvalue weighted by atomic mass is 16.4. The van der Waals surface area contributed by atoms with E-state index < -0.39 is 11.5 Å². The van der Waals surface area contributed by atoms with E-state index in [1.165, 1.54) is 6.42 Å². The molecule has 1 amide bonds. The molecule has 2 aromatic rings. The van der Waals surface area contributed by atoms with Crippen LogP contribution in [0.2, 0.25) is 0 Å². The van der Waals surface area contributed by atoms with Crippen molar-refractivity contribution in [1.29, 1.82) is 0 Å². The third-order valence-electron chi connectivity index (χ3n) is 4.82. The van der Waals surface area contributed by atoms with Gasteiger partial charge in [0.2, 0.25) is 5.91 Å². The van der Waals surface area contributed by atoms with Crippen LogP contribution in [-0.4, -0.2) is 32.8 Å². The van der Waals surface area contributed by atoms with Crippen molar-refractivity contribution in [2.45, 2.75) is 45.2 Å². The molecule has 2 atom stereocenters. The maximum Gasteiger partial charge on any atom is 0.357 e. The summed E-state index contributed by atoms with van der Waals surface area (Å²) in [5.74, 6) is -1.15. The molecule has 1 fully saturated rings. The number of nitrogens with zero attached hydrogens (tertiary/aromatic N) is 2. The SMILES string of the molecule is C[C@H]1CCCC[C@@H]1NC(=O)Cn1nc(C(=O)O)c2ccccc2c1=O. The Morgan fingerprint density at radius 2 is 1.92 bits per heavy atom. The van der Waals surface area contributed by atoms with Gasteiger partial charge < -0.3 is 10.4 Å². The van der Waals surface area contributed by atoms with E-state index in [4.69, 9.17) is 0 Å². The van der Waals surface area contributed by atoms with Gasteiger partial charge >= 0.3 is 5.97 Å². The summed E-state index contributed by atoms with van der Waals surface area (Å²) in [7, 11) is 0. The van der Waals surface area contributed by atoms with Crippen molar-refractivity contribution in [2.24, 2.45) is 5.92 Å². The van der Waals surface area contributed by atoms with Gasteiger partial charge in [-0.05, 0) is 24.8 Å². The third kappa shape index (κ3) is 3.55. The second kappa shape index (κ2) is 7.04. The van der Waals surface area contributed by atoms with Crippen LogP contribution in [0, 0.1) is 5.92 Å². The number of aromatic carboxylic acids is 1. The number of nitrogens with one attached hydrogen (secondary N) is 1. The fourth-order valence-corrected chi connectivity index (χ4v) is 3.42. The van der Waals surface area contributed by atoms with Gasteiger partial charge in [0.25, 0.3) is 5.56 Å². The Balaban J connectivity index is 1.88. The van der Waals surface area contributed by atoms with E-state index in [-0.39, 0.29) is 35.0 Å². The van der Waals surface area contributed by atoms with Crippen molar-refractivity contribution >= 4 is 22.6 Å². The van der Waals surface area contributed by atoms with Crippen LogP contribution in [-0.2, 0) is 11.3 Å². The van der Waals surface area contributed by atoms with Gasteiger partial charge in [0.05, 0.1) is 5.39 Å². The third-order valence-corrected chi connectivity index (χ3v) is 4.82. The van der Waals surface area contributed by atoms with Crippen LogP contribution in [0.4, 0.5) is 0 Å². The Kier molecular flexibility index (Phi) is 4.83. The zero-order valence-electron chi connectivity index (χ0n) is 14.1. The number of hydrogen-bond donors (Lipinski definition) is 2. The van der Waals surface area contributed by atoms with Gasteiger partial charge in [0.1, 0.15) is 6.54 Å². The number of carbonyl (C=O) groups is 2. The minimum absolute atomic E-state index is 0.0938. The number of fused-ring (bicyclic) bond motifs is 1. The number of carbonyl (C=O) groups excluding carboxylic acids is 1. The fourth-order valence-electron chi connectivity index (χ4n) is 3.42. The van der Waals surface area contributed by atoms with E-state index in [0.29, 0.717) is 5.92 Å². The highest BCUT2D eigenvalue weighted by Gasteiger charge is 2.23. The molecule has 3 rings (SSSR count). The van der Waals surface area contributed by atoms with E-state index >= 15 is 0 Å². The normalized spacial score (nSPS) is 20.4. The zero-order chi connectivity index (χ0) is 18.0. The van der Waals surface area contributed by atoms with Crippen LogP contribution in [0.15, 0.2) is 29.1 Å². The molecule has 0 radical (unpaired) electrons. The van der Waals surface area contributed by atoms with Gasteiger partial charge in [-0.2, -0.15) is 5.10 Å². The quantitative estimate of drug-likeness (QED) is 0.881.